The van der Waals surface area contributed by atoms with Crippen molar-refractivity contribution < 1.29 is 4.65 Å². The first-order chi connectivity index (χ1) is 12.0. The number of nitrogens with two attached hydrogens (primary N) is 1. The van der Waals surface area contributed by atoms with E-state index in [-0.39, 0.29) is 4.65 Å². The zero-order chi connectivity index (χ0) is 17.4. The molecule has 3 heterocycles. The van der Waals surface area contributed by atoms with Crippen LogP contribution in [0.1, 0.15) is 32.1 Å². The highest BCUT2D eigenvalue weighted by molar-refractivity contribution is 7.20. The zero-order valence-corrected chi connectivity index (χ0v) is 16.5. The van der Waals surface area contributed by atoms with E-state index in [1.807, 2.05) is 11.4 Å². The lowest BCUT2D eigenvalue weighted by molar-refractivity contribution is -0.907. The largest absolute Gasteiger partial charge is 0.632 e. The van der Waals surface area contributed by atoms with Gasteiger partial charge in [-0.3, -0.25) is 0 Å². The second-order valence-electron chi connectivity index (χ2n) is 7.01. The van der Waals surface area contributed by atoms with Gasteiger partial charge in [-0.2, -0.15) is 0 Å². The molecule has 1 aliphatic carbocycles. The Labute approximate surface area is 161 Å². The van der Waals surface area contributed by atoms with E-state index >= 15 is 0 Å². The standard InChI is InChI=1S/C17H23ClN4OS2/c18-12-10-14(24-11-12)15-16(25-17(19)20-15)21-6-8-22(23,9-7-21)13-4-2-1-3-5-13/h10-11,13H,1-9H2,(H2,19,20). The van der Waals surface area contributed by atoms with Crippen LogP contribution in [0.15, 0.2) is 11.4 Å². The van der Waals surface area contributed by atoms with Crippen molar-refractivity contribution in [1.29, 1.82) is 0 Å². The van der Waals surface area contributed by atoms with Gasteiger partial charge in [-0.15, -0.1) is 11.3 Å². The van der Waals surface area contributed by atoms with Crippen LogP contribution in [0, 0.1) is 5.21 Å². The van der Waals surface area contributed by atoms with Crippen molar-refractivity contribution in [2.24, 2.45) is 0 Å². The van der Waals surface area contributed by atoms with E-state index < -0.39 is 0 Å². The molecule has 0 spiro atoms. The second-order valence-corrected chi connectivity index (χ2v) is 9.37. The van der Waals surface area contributed by atoms with E-state index in [4.69, 9.17) is 17.3 Å². The molecule has 4 rings (SSSR count). The molecule has 2 fully saturated rings. The van der Waals surface area contributed by atoms with Crippen molar-refractivity contribution >= 4 is 44.4 Å². The molecule has 0 aromatic carbocycles. The first kappa shape index (κ1) is 17.5. The highest BCUT2D eigenvalue weighted by Crippen LogP contribution is 2.42. The molecule has 1 aliphatic heterocycles. The van der Waals surface area contributed by atoms with Gasteiger partial charge in [0.05, 0.1) is 42.1 Å². The van der Waals surface area contributed by atoms with Gasteiger partial charge >= 0.3 is 0 Å². The molecule has 2 aliphatic rings. The van der Waals surface area contributed by atoms with Crippen molar-refractivity contribution in [2.45, 2.75) is 38.1 Å². The van der Waals surface area contributed by atoms with Crippen LogP contribution < -0.4 is 10.6 Å². The Balaban J connectivity index is 1.51. The lowest BCUT2D eigenvalue weighted by atomic mass is 9.93. The first-order valence-electron chi connectivity index (χ1n) is 8.88. The van der Waals surface area contributed by atoms with E-state index in [0.29, 0.717) is 24.3 Å². The maximum atomic E-state index is 13.3. The van der Waals surface area contributed by atoms with Crippen LogP contribution in [0.4, 0.5) is 10.1 Å². The normalized spacial score (nSPS) is 21.6. The number of thiazole rings is 1. The Bertz CT molecular complexity index is 733. The molecule has 0 amide bonds. The number of nitrogen functional groups attached to an aromatic ring is 1. The minimum Gasteiger partial charge on any atom is -0.632 e. The number of aromatic nitrogens is 1. The number of halogens is 1. The summed E-state index contributed by atoms with van der Waals surface area (Å²) in [5, 5.41) is 17.6. The van der Waals surface area contributed by atoms with E-state index in [1.54, 1.807) is 11.3 Å². The highest BCUT2D eigenvalue weighted by atomic mass is 35.5. The quantitative estimate of drug-likeness (QED) is 0.607. The second kappa shape index (κ2) is 7.04. The first-order valence-corrected chi connectivity index (χ1v) is 11.0. The number of nitrogens with zero attached hydrogens (tertiary/aromatic N) is 3. The van der Waals surface area contributed by atoms with Crippen LogP contribution in [-0.4, -0.2) is 41.9 Å². The van der Waals surface area contributed by atoms with Gasteiger partial charge in [0.25, 0.3) is 0 Å². The number of hydrogen-bond donors (Lipinski definition) is 1. The third-order valence-corrected chi connectivity index (χ3v) is 7.68. The van der Waals surface area contributed by atoms with Crippen molar-refractivity contribution in [2.75, 3.05) is 36.8 Å². The minimum absolute atomic E-state index is 0.00898. The number of hydroxylamine groups is 3. The van der Waals surface area contributed by atoms with Gasteiger partial charge in [0.1, 0.15) is 10.7 Å². The number of quaternary nitrogens is 1. The van der Waals surface area contributed by atoms with Crippen LogP contribution in [0.2, 0.25) is 5.02 Å². The summed E-state index contributed by atoms with van der Waals surface area (Å²) in [4.78, 5) is 7.84. The third-order valence-electron chi connectivity index (χ3n) is 5.45. The Hall–Kier alpha value is -0.860. The predicted molar refractivity (Wildman–Crippen MR) is 107 cm³/mol. The fourth-order valence-corrected chi connectivity index (χ4v) is 6.09. The van der Waals surface area contributed by atoms with E-state index in [2.05, 4.69) is 9.88 Å². The summed E-state index contributed by atoms with van der Waals surface area (Å²) in [5.74, 6) is 0. The number of hydrogen-bond acceptors (Lipinski definition) is 6. The van der Waals surface area contributed by atoms with Gasteiger partial charge in [0.15, 0.2) is 5.13 Å². The molecule has 2 aromatic rings. The van der Waals surface area contributed by atoms with Crippen molar-refractivity contribution in [3.8, 4) is 10.6 Å². The number of rotatable bonds is 3. The summed E-state index contributed by atoms with van der Waals surface area (Å²) >= 11 is 9.16. The number of anilines is 2. The average molecular weight is 399 g/mol. The van der Waals surface area contributed by atoms with Crippen LogP contribution in [0.25, 0.3) is 10.6 Å². The molecule has 25 heavy (non-hydrogen) atoms. The molecule has 0 bridgehead atoms. The molecule has 2 N–H and O–H groups in total. The molecular weight excluding hydrogens is 376 g/mol. The van der Waals surface area contributed by atoms with Gasteiger partial charge in [0, 0.05) is 5.38 Å². The smallest absolute Gasteiger partial charge is 0.182 e. The minimum atomic E-state index is -0.00898. The Kier molecular flexibility index (Phi) is 4.94. The molecule has 136 valence electrons. The molecule has 1 saturated heterocycles. The Morgan fingerprint density at radius 3 is 2.60 bits per heavy atom. The maximum absolute atomic E-state index is 13.3. The highest BCUT2D eigenvalue weighted by Gasteiger charge is 2.35. The predicted octanol–water partition coefficient (Wildman–Crippen LogP) is 4.57. The summed E-state index contributed by atoms with van der Waals surface area (Å²) in [6, 6.07) is 2.24. The fraction of sp³-hybridized carbons (Fsp3) is 0.588. The van der Waals surface area contributed by atoms with Crippen LogP contribution in [-0.2, 0) is 0 Å². The molecular formula is C17H23ClN4OS2. The molecule has 1 saturated carbocycles. The number of piperazine rings is 1. The maximum Gasteiger partial charge on any atom is 0.182 e. The van der Waals surface area contributed by atoms with Gasteiger partial charge in [0.2, 0.25) is 0 Å². The topological polar surface area (TPSA) is 65.2 Å². The summed E-state index contributed by atoms with van der Waals surface area (Å²) in [7, 11) is 0. The molecule has 0 radical (unpaired) electrons. The molecule has 8 heteroatoms. The number of thiophene rings is 1. The van der Waals surface area contributed by atoms with Crippen molar-refractivity contribution in [1.82, 2.24) is 4.98 Å². The Morgan fingerprint density at radius 1 is 1.24 bits per heavy atom. The molecule has 2 aromatic heterocycles. The van der Waals surface area contributed by atoms with Gasteiger partial charge in [-0.05, 0) is 31.7 Å². The SMILES string of the molecule is Nc1nc(-c2cc(Cl)cs2)c(N2CC[N+]([O-])(C3CCCCC3)CC2)s1. The van der Waals surface area contributed by atoms with Gasteiger partial charge in [-0.25, -0.2) is 4.98 Å². The van der Waals surface area contributed by atoms with Crippen LogP contribution in [0.5, 0.6) is 0 Å². The monoisotopic (exact) mass is 398 g/mol. The molecule has 5 nitrogen and oxygen atoms in total. The zero-order valence-electron chi connectivity index (χ0n) is 14.1. The van der Waals surface area contributed by atoms with E-state index in [1.165, 1.54) is 30.6 Å². The fourth-order valence-electron chi connectivity index (χ4n) is 4.06. The lowest BCUT2D eigenvalue weighted by Gasteiger charge is -2.54. The van der Waals surface area contributed by atoms with Gasteiger partial charge < -0.3 is 20.5 Å². The third kappa shape index (κ3) is 3.53. The molecule has 0 atom stereocenters. The van der Waals surface area contributed by atoms with Crippen molar-refractivity contribution in [3.63, 3.8) is 0 Å². The van der Waals surface area contributed by atoms with Crippen LogP contribution >= 0.6 is 34.3 Å². The summed E-state index contributed by atoms with van der Waals surface area (Å²) in [6.07, 6.45) is 5.90. The summed E-state index contributed by atoms with van der Waals surface area (Å²) in [5.41, 5.74) is 6.89. The van der Waals surface area contributed by atoms with E-state index in [0.717, 1.165) is 46.5 Å². The Morgan fingerprint density at radius 2 is 1.96 bits per heavy atom. The van der Waals surface area contributed by atoms with Gasteiger partial charge in [-0.1, -0.05) is 29.4 Å². The summed E-state index contributed by atoms with van der Waals surface area (Å²) < 4.78 is -0.00898. The van der Waals surface area contributed by atoms with Crippen molar-refractivity contribution in [3.05, 3.63) is 21.7 Å². The van der Waals surface area contributed by atoms with E-state index in [9.17, 15) is 5.21 Å². The average Bonchev–Trinajstić information content (AvgIpc) is 3.22. The van der Waals surface area contributed by atoms with Crippen LogP contribution in [0.3, 0.4) is 0 Å². The lowest BCUT2D eigenvalue weighted by Crippen LogP contribution is -2.61. The summed E-state index contributed by atoms with van der Waals surface area (Å²) in [6.45, 7) is 2.86. The molecule has 0 unspecified atom stereocenters.